The highest BCUT2D eigenvalue weighted by Crippen LogP contribution is 2.37. The topological polar surface area (TPSA) is 176 Å². The summed E-state index contributed by atoms with van der Waals surface area (Å²) in [5.74, 6) is 1.10. The van der Waals surface area contributed by atoms with E-state index in [9.17, 15) is 21.9 Å². The van der Waals surface area contributed by atoms with Crippen molar-refractivity contribution in [3.05, 3.63) is 42.4 Å². The van der Waals surface area contributed by atoms with Crippen LogP contribution in [0.1, 0.15) is 32.0 Å². The maximum atomic E-state index is 13.3. The highest BCUT2D eigenvalue weighted by molar-refractivity contribution is 7.89. The minimum absolute atomic E-state index is 0.0108. The van der Waals surface area contributed by atoms with Gasteiger partial charge in [0.2, 0.25) is 20.0 Å². The molecule has 3 aromatic rings. The Labute approximate surface area is 239 Å². The summed E-state index contributed by atoms with van der Waals surface area (Å²) in [6.45, 7) is 3.36. The van der Waals surface area contributed by atoms with E-state index in [2.05, 4.69) is 25.0 Å². The molecule has 2 fully saturated rings. The van der Waals surface area contributed by atoms with Crippen LogP contribution in [-0.2, 0) is 31.2 Å². The molecule has 224 valence electrons. The zero-order chi connectivity index (χ0) is 29.3. The number of aliphatic hydroxyl groups excluding tert-OH is 1. The van der Waals surface area contributed by atoms with Crippen LogP contribution in [0, 0.1) is 0 Å². The molecule has 41 heavy (non-hydrogen) atoms. The summed E-state index contributed by atoms with van der Waals surface area (Å²) in [6, 6.07) is 7.68. The molecule has 2 aliphatic heterocycles. The lowest BCUT2D eigenvalue weighted by atomic mass is 9.88. The number of benzene rings is 1. The monoisotopic (exact) mass is 608 g/mol. The average Bonchev–Trinajstić information content (AvgIpc) is 3.58. The molecule has 5 rings (SSSR count). The van der Waals surface area contributed by atoms with Crippen LogP contribution in [0.2, 0.25) is 0 Å². The van der Waals surface area contributed by atoms with Gasteiger partial charge in [0.25, 0.3) is 0 Å². The molecule has 1 aromatic carbocycles. The third kappa shape index (κ3) is 6.56. The first-order valence-corrected chi connectivity index (χ1v) is 16.5. The number of fused-ring (bicyclic) bond motifs is 1. The Morgan fingerprint density at radius 2 is 2.00 bits per heavy atom. The van der Waals surface area contributed by atoms with Crippen LogP contribution in [0.15, 0.2) is 46.3 Å². The molecule has 4 N–H and O–H groups in total. The minimum atomic E-state index is -3.71. The van der Waals surface area contributed by atoms with Crippen LogP contribution in [0.3, 0.4) is 0 Å². The van der Waals surface area contributed by atoms with Crippen molar-refractivity contribution in [2.45, 2.75) is 60.1 Å². The molecule has 0 saturated carbocycles. The lowest BCUT2D eigenvalue weighted by Gasteiger charge is -2.38. The third-order valence-electron chi connectivity index (χ3n) is 7.65. The second kappa shape index (κ2) is 11.9. The van der Waals surface area contributed by atoms with Crippen molar-refractivity contribution >= 4 is 31.2 Å². The fourth-order valence-corrected chi connectivity index (χ4v) is 7.43. The van der Waals surface area contributed by atoms with Gasteiger partial charge in [-0.2, -0.15) is 4.31 Å². The highest BCUT2D eigenvalue weighted by atomic mass is 32.2. The van der Waals surface area contributed by atoms with Crippen LogP contribution in [0.4, 0.5) is 0 Å². The molecule has 1 unspecified atom stereocenters. The number of aromatic nitrogens is 3. The fraction of sp³-hybridized carbons (Fsp3) is 0.538. The standard InChI is InChI=1S/C26H36N6O7S2/c1-3-24-30-23-12-22(15-29-25(23)31-24)41(36,37)32-9-7-26(8-10-32)13-18(16-39-26)28-14-19(33)17-38-20-5-4-6-21(11-20)40(34,35)27-2/h4-6,11-12,15,18-19,27-28,33H,3,7-10,13-14,16-17H2,1-2H3,(H,29,30,31)/t18?,19-/m0/s1. The lowest BCUT2D eigenvalue weighted by molar-refractivity contribution is -0.0312. The van der Waals surface area contributed by atoms with Crippen molar-refractivity contribution in [2.75, 3.05) is 39.9 Å². The molecule has 0 amide bonds. The summed E-state index contributed by atoms with van der Waals surface area (Å²) in [4.78, 5) is 11.9. The SMILES string of the molecule is CCc1nc2ncc(S(=O)(=O)N3CCC4(CC3)CC(NC[C@H](O)COc3cccc(S(=O)(=O)NC)c3)CO4)cc2[nH]1. The zero-order valence-electron chi connectivity index (χ0n) is 23.0. The van der Waals surface area contributed by atoms with Crippen LogP contribution < -0.4 is 14.8 Å². The number of hydrogen-bond acceptors (Lipinski definition) is 10. The van der Waals surface area contributed by atoms with E-state index in [1.165, 1.54) is 29.7 Å². The molecule has 2 atom stereocenters. The Kier molecular flexibility index (Phi) is 8.66. The third-order valence-corrected chi connectivity index (χ3v) is 10.9. The molecular weight excluding hydrogens is 572 g/mol. The predicted octanol–water partition coefficient (Wildman–Crippen LogP) is 0.770. The Morgan fingerprint density at radius 1 is 1.22 bits per heavy atom. The Bertz CT molecular complexity index is 1590. The van der Waals surface area contributed by atoms with Gasteiger partial charge in [-0.05, 0) is 44.5 Å². The molecule has 0 bridgehead atoms. The summed E-state index contributed by atoms with van der Waals surface area (Å²) < 4.78 is 66.1. The molecule has 15 heteroatoms. The van der Waals surface area contributed by atoms with Gasteiger partial charge in [-0.25, -0.2) is 31.5 Å². The largest absolute Gasteiger partial charge is 0.491 e. The van der Waals surface area contributed by atoms with Crippen LogP contribution in [-0.4, -0.2) is 98.8 Å². The van der Waals surface area contributed by atoms with E-state index in [1.807, 2.05) is 6.92 Å². The number of aliphatic hydroxyl groups is 1. The van der Waals surface area contributed by atoms with Gasteiger partial charge in [0.1, 0.15) is 29.2 Å². The van der Waals surface area contributed by atoms with Crippen molar-refractivity contribution in [2.24, 2.45) is 0 Å². The van der Waals surface area contributed by atoms with Crippen LogP contribution in [0.5, 0.6) is 5.75 Å². The van der Waals surface area contributed by atoms with Crippen molar-refractivity contribution < 1.29 is 31.4 Å². The zero-order valence-corrected chi connectivity index (χ0v) is 24.7. The lowest BCUT2D eigenvalue weighted by Crippen LogP contribution is -2.47. The number of imidazole rings is 1. The Balaban J connectivity index is 1.09. The van der Waals surface area contributed by atoms with E-state index in [4.69, 9.17) is 9.47 Å². The summed E-state index contributed by atoms with van der Waals surface area (Å²) >= 11 is 0. The summed E-state index contributed by atoms with van der Waals surface area (Å²) in [5, 5.41) is 13.7. The molecular formula is C26H36N6O7S2. The van der Waals surface area contributed by atoms with Gasteiger partial charge >= 0.3 is 0 Å². The number of H-pyrrole nitrogens is 1. The van der Waals surface area contributed by atoms with Crippen LogP contribution >= 0.6 is 0 Å². The van der Waals surface area contributed by atoms with E-state index < -0.39 is 31.8 Å². The molecule has 1 spiro atoms. The number of sulfonamides is 2. The van der Waals surface area contributed by atoms with Gasteiger partial charge < -0.3 is 24.9 Å². The smallest absolute Gasteiger partial charge is 0.244 e. The van der Waals surface area contributed by atoms with Gasteiger partial charge in [-0.3, -0.25) is 0 Å². The maximum absolute atomic E-state index is 13.3. The fourth-order valence-electron chi connectivity index (χ4n) is 5.25. The number of aryl methyl sites for hydroxylation is 1. The second-order valence-electron chi connectivity index (χ2n) is 10.4. The highest BCUT2D eigenvalue weighted by Gasteiger charge is 2.44. The Hall–Kier alpha value is -2.66. The van der Waals surface area contributed by atoms with Crippen molar-refractivity contribution in [3.63, 3.8) is 0 Å². The number of piperidine rings is 1. The van der Waals surface area contributed by atoms with Crippen molar-refractivity contribution in [1.29, 1.82) is 0 Å². The van der Waals surface area contributed by atoms with E-state index in [1.54, 1.807) is 18.2 Å². The van der Waals surface area contributed by atoms with Crippen LogP contribution in [0.25, 0.3) is 11.2 Å². The summed E-state index contributed by atoms with van der Waals surface area (Å²) in [5.41, 5.74) is 0.695. The predicted molar refractivity (Wildman–Crippen MR) is 151 cm³/mol. The summed E-state index contributed by atoms with van der Waals surface area (Å²) in [7, 11) is -5.96. The van der Waals surface area contributed by atoms with E-state index in [-0.39, 0.29) is 29.0 Å². The average molecular weight is 609 g/mol. The van der Waals surface area contributed by atoms with Gasteiger partial charge in [0.15, 0.2) is 5.65 Å². The first-order chi connectivity index (χ1) is 19.5. The number of nitrogens with one attached hydrogen (secondary N) is 3. The molecule has 2 saturated heterocycles. The quantitative estimate of drug-likeness (QED) is 0.243. The minimum Gasteiger partial charge on any atom is -0.491 e. The van der Waals surface area contributed by atoms with Crippen molar-refractivity contribution in [3.8, 4) is 5.75 Å². The first-order valence-electron chi connectivity index (χ1n) is 13.6. The van der Waals surface area contributed by atoms with Gasteiger partial charge in [0, 0.05) is 44.4 Å². The number of nitrogens with zero attached hydrogens (tertiary/aromatic N) is 3. The molecule has 0 aliphatic carbocycles. The van der Waals surface area contributed by atoms with E-state index >= 15 is 0 Å². The molecule has 13 nitrogen and oxygen atoms in total. The molecule has 2 aromatic heterocycles. The molecule has 0 radical (unpaired) electrons. The van der Waals surface area contributed by atoms with E-state index in [0.717, 1.165) is 5.82 Å². The van der Waals surface area contributed by atoms with Gasteiger partial charge in [-0.15, -0.1) is 0 Å². The molecule has 4 heterocycles. The maximum Gasteiger partial charge on any atom is 0.244 e. The number of rotatable bonds is 11. The Morgan fingerprint density at radius 3 is 2.73 bits per heavy atom. The normalized spacial score (nSPS) is 20.5. The number of pyridine rings is 1. The van der Waals surface area contributed by atoms with Crippen molar-refractivity contribution in [1.82, 2.24) is 29.3 Å². The molecule has 2 aliphatic rings. The summed E-state index contributed by atoms with van der Waals surface area (Å²) in [6.07, 6.45) is 3.10. The van der Waals surface area contributed by atoms with Gasteiger partial charge in [0.05, 0.1) is 22.6 Å². The second-order valence-corrected chi connectivity index (χ2v) is 14.3. The number of hydrogen-bond donors (Lipinski definition) is 4. The first kappa shape index (κ1) is 29.8. The van der Waals surface area contributed by atoms with E-state index in [0.29, 0.717) is 62.3 Å². The number of aromatic amines is 1. The number of ether oxygens (including phenoxy) is 2. The van der Waals surface area contributed by atoms with Gasteiger partial charge in [-0.1, -0.05) is 13.0 Å².